The Labute approximate surface area is 155 Å². The molecule has 0 spiro atoms. The molecule has 0 saturated carbocycles. The van der Waals surface area contributed by atoms with Crippen LogP contribution >= 0.6 is 23.4 Å². The number of thioether (sulfide) groups is 1. The summed E-state index contributed by atoms with van der Waals surface area (Å²) in [7, 11) is 1.62. The molecule has 1 aromatic heterocycles. The Kier molecular flexibility index (Phi) is 4.52. The van der Waals surface area contributed by atoms with Crippen molar-refractivity contribution in [2.75, 3.05) is 13.7 Å². The fraction of sp³-hybridized carbons (Fsp3) is 0.444. The number of hydrogen-bond donors (Lipinski definition) is 0. The number of aromatic nitrogens is 1. The SMILES string of the molecule is COc1ccc2cc(C3SC(C)C(=O)N3C3CCCO3)c(Cl)nc2c1. The third kappa shape index (κ3) is 2.96. The number of carbonyl (C=O) groups excluding carboxylic acids is 1. The summed E-state index contributed by atoms with van der Waals surface area (Å²) in [5, 5.41) is 1.11. The summed E-state index contributed by atoms with van der Waals surface area (Å²) in [5.74, 6) is 0.844. The number of pyridine rings is 1. The largest absolute Gasteiger partial charge is 0.497 e. The summed E-state index contributed by atoms with van der Waals surface area (Å²) in [6.45, 7) is 2.63. The molecule has 25 heavy (non-hydrogen) atoms. The number of ether oxygens (including phenoxy) is 2. The summed E-state index contributed by atoms with van der Waals surface area (Å²) in [6.07, 6.45) is 1.67. The lowest BCUT2D eigenvalue weighted by molar-refractivity contribution is -0.141. The van der Waals surface area contributed by atoms with Crippen molar-refractivity contribution in [2.45, 2.75) is 36.6 Å². The van der Waals surface area contributed by atoms with Crippen molar-refractivity contribution in [1.29, 1.82) is 0 Å². The number of nitrogens with zero attached hydrogens (tertiary/aromatic N) is 2. The molecule has 5 nitrogen and oxygen atoms in total. The van der Waals surface area contributed by atoms with Crippen molar-refractivity contribution in [3.63, 3.8) is 0 Å². The van der Waals surface area contributed by atoms with Crippen LogP contribution in [0.2, 0.25) is 5.15 Å². The molecule has 0 N–H and O–H groups in total. The van der Waals surface area contributed by atoms with Crippen molar-refractivity contribution >= 4 is 40.2 Å². The second-order valence-electron chi connectivity index (χ2n) is 6.27. The van der Waals surface area contributed by atoms with Gasteiger partial charge in [0, 0.05) is 23.6 Å². The predicted octanol–water partition coefficient (Wildman–Crippen LogP) is 4.00. The van der Waals surface area contributed by atoms with Gasteiger partial charge >= 0.3 is 0 Å². The van der Waals surface area contributed by atoms with Crippen molar-refractivity contribution < 1.29 is 14.3 Å². The highest BCUT2D eigenvalue weighted by Crippen LogP contribution is 2.47. The molecule has 2 aliphatic rings. The third-order valence-corrected chi connectivity index (χ3v) is 6.33. The van der Waals surface area contributed by atoms with Gasteiger partial charge in [0.05, 0.1) is 17.9 Å². The summed E-state index contributed by atoms with van der Waals surface area (Å²) >= 11 is 8.10. The number of amides is 1. The lowest BCUT2D eigenvalue weighted by Crippen LogP contribution is -2.39. The molecule has 2 aromatic rings. The molecule has 3 atom stereocenters. The smallest absolute Gasteiger partial charge is 0.238 e. The fourth-order valence-corrected chi connectivity index (χ4v) is 5.01. The molecule has 7 heteroatoms. The van der Waals surface area contributed by atoms with Crippen LogP contribution in [0.4, 0.5) is 0 Å². The van der Waals surface area contributed by atoms with E-state index in [2.05, 4.69) is 4.98 Å². The van der Waals surface area contributed by atoms with Crippen molar-refractivity contribution in [2.24, 2.45) is 0 Å². The Hall–Kier alpha value is -1.50. The highest BCUT2D eigenvalue weighted by Gasteiger charge is 2.44. The van der Waals surface area contributed by atoms with E-state index in [4.69, 9.17) is 21.1 Å². The van der Waals surface area contributed by atoms with E-state index in [1.165, 1.54) is 0 Å². The van der Waals surface area contributed by atoms with Crippen LogP contribution in [0.3, 0.4) is 0 Å². The minimum absolute atomic E-state index is 0.104. The first kappa shape index (κ1) is 16.9. The van der Waals surface area contributed by atoms with E-state index < -0.39 is 0 Å². The molecule has 0 radical (unpaired) electrons. The first-order valence-corrected chi connectivity index (χ1v) is 9.64. The quantitative estimate of drug-likeness (QED) is 0.756. The van der Waals surface area contributed by atoms with Crippen LogP contribution < -0.4 is 4.74 Å². The van der Waals surface area contributed by atoms with Gasteiger partial charge in [0.1, 0.15) is 22.5 Å². The molecule has 3 heterocycles. The van der Waals surface area contributed by atoms with Crippen LogP contribution in [0.1, 0.15) is 30.7 Å². The fourth-order valence-electron chi connectivity index (χ4n) is 3.38. The maximum Gasteiger partial charge on any atom is 0.238 e. The molecule has 0 aliphatic carbocycles. The molecule has 2 saturated heterocycles. The monoisotopic (exact) mass is 378 g/mol. The average Bonchev–Trinajstić information content (AvgIpc) is 3.22. The first-order chi connectivity index (χ1) is 12.1. The van der Waals surface area contributed by atoms with Crippen LogP contribution in [-0.2, 0) is 9.53 Å². The van der Waals surface area contributed by atoms with E-state index >= 15 is 0 Å². The summed E-state index contributed by atoms with van der Waals surface area (Å²) in [5.41, 5.74) is 1.64. The lowest BCUT2D eigenvalue weighted by atomic mass is 10.1. The Morgan fingerprint density at radius 3 is 2.96 bits per heavy atom. The highest BCUT2D eigenvalue weighted by atomic mass is 35.5. The maximum atomic E-state index is 12.7. The van der Waals surface area contributed by atoms with Gasteiger partial charge in [-0.1, -0.05) is 11.6 Å². The number of methoxy groups -OCH3 is 1. The lowest BCUT2D eigenvalue weighted by Gasteiger charge is -2.29. The first-order valence-electron chi connectivity index (χ1n) is 8.32. The maximum absolute atomic E-state index is 12.7. The number of fused-ring (bicyclic) bond motifs is 1. The van der Waals surface area contributed by atoms with Gasteiger partial charge in [0.2, 0.25) is 5.91 Å². The van der Waals surface area contributed by atoms with Crippen molar-refractivity contribution in [3.8, 4) is 5.75 Å². The topological polar surface area (TPSA) is 51.7 Å². The van der Waals surface area contributed by atoms with Gasteiger partial charge in [-0.2, -0.15) is 0 Å². The predicted molar refractivity (Wildman–Crippen MR) is 98.9 cm³/mol. The van der Waals surface area contributed by atoms with E-state index in [-0.39, 0.29) is 22.8 Å². The van der Waals surface area contributed by atoms with Crippen LogP contribution in [0, 0.1) is 0 Å². The van der Waals surface area contributed by atoms with Gasteiger partial charge in [-0.05, 0) is 38.0 Å². The zero-order chi connectivity index (χ0) is 17.6. The van der Waals surface area contributed by atoms with E-state index in [9.17, 15) is 4.79 Å². The van der Waals surface area contributed by atoms with Crippen molar-refractivity contribution in [1.82, 2.24) is 9.88 Å². The second kappa shape index (κ2) is 6.67. The normalized spacial score (nSPS) is 26.6. The molecule has 1 aromatic carbocycles. The molecule has 132 valence electrons. The van der Waals surface area contributed by atoms with Crippen LogP contribution in [0.25, 0.3) is 10.9 Å². The Morgan fingerprint density at radius 2 is 2.24 bits per heavy atom. The molecule has 2 aliphatic heterocycles. The van der Waals surface area contributed by atoms with Gasteiger partial charge < -0.3 is 9.47 Å². The van der Waals surface area contributed by atoms with Gasteiger partial charge in [0.15, 0.2) is 0 Å². The highest BCUT2D eigenvalue weighted by molar-refractivity contribution is 8.01. The number of benzene rings is 1. The zero-order valence-electron chi connectivity index (χ0n) is 14.1. The Balaban J connectivity index is 1.76. The molecule has 0 bridgehead atoms. The minimum atomic E-state index is -0.169. The summed E-state index contributed by atoms with van der Waals surface area (Å²) in [6, 6.07) is 7.74. The third-order valence-electron chi connectivity index (χ3n) is 4.68. The Bertz CT molecular complexity index is 825. The van der Waals surface area contributed by atoms with Gasteiger partial charge in [-0.25, -0.2) is 4.98 Å². The number of halogens is 1. The Morgan fingerprint density at radius 1 is 1.40 bits per heavy atom. The summed E-state index contributed by atoms with van der Waals surface area (Å²) < 4.78 is 11.0. The number of rotatable bonds is 3. The van der Waals surface area contributed by atoms with Crippen molar-refractivity contribution in [3.05, 3.63) is 35.0 Å². The van der Waals surface area contributed by atoms with Crippen LogP contribution in [0.15, 0.2) is 24.3 Å². The molecular formula is C18H19ClN2O3S. The molecular weight excluding hydrogens is 360 g/mol. The van der Waals surface area contributed by atoms with Crippen LogP contribution in [-0.4, -0.2) is 41.0 Å². The number of carbonyl (C=O) groups is 1. The standard InChI is InChI=1S/C18H19ClN2O3S/c1-10-17(22)21(15-4-3-7-24-15)18(25-10)13-8-11-5-6-12(23-2)9-14(11)20-16(13)19/h5-6,8-10,15,18H,3-4,7H2,1-2H3. The minimum Gasteiger partial charge on any atom is -0.497 e. The van der Waals surface area contributed by atoms with E-state index in [1.54, 1.807) is 18.9 Å². The molecule has 4 rings (SSSR count). The van der Waals surface area contributed by atoms with Crippen LogP contribution in [0.5, 0.6) is 5.75 Å². The summed E-state index contributed by atoms with van der Waals surface area (Å²) in [4.78, 5) is 19.1. The van der Waals surface area contributed by atoms with Gasteiger partial charge in [-0.15, -0.1) is 11.8 Å². The van der Waals surface area contributed by atoms with Gasteiger partial charge in [0.25, 0.3) is 0 Å². The van der Waals surface area contributed by atoms with E-state index in [0.29, 0.717) is 11.8 Å². The number of hydrogen-bond acceptors (Lipinski definition) is 5. The zero-order valence-corrected chi connectivity index (χ0v) is 15.6. The molecule has 3 unspecified atom stereocenters. The molecule has 2 fully saturated rings. The molecule has 1 amide bonds. The average molecular weight is 379 g/mol. The second-order valence-corrected chi connectivity index (χ2v) is 8.05. The van der Waals surface area contributed by atoms with Gasteiger partial charge in [-0.3, -0.25) is 9.69 Å². The van der Waals surface area contributed by atoms with E-state index in [1.807, 2.05) is 36.1 Å². The van der Waals surface area contributed by atoms with E-state index in [0.717, 1.165) is 35.1 Å².